The topological polar surface area (TPSA) is 182 Å². The van der Waals surface area contributed by atoms with E-state index in [1.165, 1.54) is 48.5 Å². The number of hydrogen-bond acceptors (Lipinski definition) is 15. The van der Waals surface area contributed by atoms with Gasteiger partial charge in [-0.25, -0.2) is 8.42 Å². The molecule has 2 atom stereocenters. The van der Waals surface area contributed by atoms with Crippen LogP contribution in [0.15, 0.2) is 58.3 Å². The maximum Gasteiger partial charge on any atom is 0.312 e. The molecule has 2 unspecified atom stereocenters. The maximum atomic E-state index is 11.4. The van der Waals surface area contributed by atoms with Crippen molar-refractivity contribution in [3.63, 3.8) is 0 Å². The smallest absolute Gasteiger partial charge is 0.312 e. The molecule has 2 aromatic heterocycles. The minimum absolute atomic E-state index is 0. The van der Waals surface area contributed by atoms with Crippen LogP contribution in [0, 0.1) is 27.7 Å². The van der Waals surface area contributed by atoms with Crippen LogP contribution in [-0.4, -0.2) is 60.0 Å². The molecule has 6 rings (SSSR count). The van der Waals surface area contributed by atoms with Gasteiger partial charge in [0.25, 0.3) is 0 Å². The first-order valence-corrected chi connectivity index (χ1v) is 18.5. The van der Waals surface area contributed by atoms with Crippen molar-refractivity contribution in [1.82, 2.24) is 0 Å². The Bertz CT molecular complexity index is 1920. The van der Waals surface area contributed by atoms with Gasteiger partial charge >= 0.3 is 10.1 Å². The Labute approximate surface area is 287 Å². The van der Waals surface area contributed by atoms with Crippen LogP contribution >= 0.6 is 22.7 Å². The Hall–Kier alpha value is -3.58. The summed E-state index contributed by atoms with van der Waals surface area (Å²) < 4.78 is 94.0. The molecule has 2 aromatic carbocycles. The summed E-state index contributed by atoms with van der Waals surface area (Å²) >= 11 is 3.27. The third kappa shape index (κ3) is 8.71. The van der Waals surface area contributed by atoms with Gasteiger partial charge in [0.2, 0.25) is 0 Å². The molecule has 0 saturated carbocycles. The van der Waals surface area contributed by atoms with Crippen LogP contribution in [-0.2, 0) is 24.5 Å². The van der Waals surface area contributed by atoms with Crippen LogP contribution in [0.5, 0.6) is 34.5 Å². The zero-order chi connectivity index (χ0) is 33.9. The lowest BCUT2D eigenvalue weighted by Gasteiger charge is -2.25. The second-order valence-corrected chi connectivity index (χ2v) is 16.2. The Morgan fingerprint density at radius 1 is 0.688 bits per heavy atom. The molecule has 0 aliphatic carbocycles. The van der Waals surface area contributed by atoms with E-state index in [-0.39, 0.29) is 42.6 Å². The molecule has 0 amide bonds. The second-order valence-electron chi connectivity index (χ2n) is 10.4. The van der Waals surface area contributed by atoms with Gasteiger partial charge in [-0.05, 0) is 76.2 Å². The Kier molecular flexibility index (Phi) is 11.9. The molecule has 2 aliphatic rings. The van der Waals surface area contributed by atoms with Crippen molar-refractivity contribution in [3.8, 4) is 34.5 Å². The molecule has 0 fully saturated rings. The van der Waals surface area contributed by atoms with E-state index in [0.29, 0.717) is 24.7 Å². The van der Waals surface area contributed by atoms with E-state index < -0.39 is 20.2 Å². The summed E-state index contributed by atoms with van der Waals surface area (Å²) in [6.07, 6.45) is -0.487. The van der Waals surface area contributed by atoms with Gasteiger partial charge in [-0.3, -0.25) is 0 Å². The van der Waals surface area contributed by atoms with E-state index in [1.54, 1.807) is 22.7 Å². The Morgan fingerprint density at radius 2 is 1.06 bits per heavy atom. The molecule has 4 aromatic rings. The van der Waals surface area contributed by atoms with Gasteiger partial charge in [0, 0.05) is 19.5 Å². The van der Waals surface area contributed by atoms with Gasteiger partial charge < -0.3 is 33.0 Å². The highest BCUT2D eigenvalue weighted by Gasteiger charge is 2.28. The molecule has 48 heavy (non-hydrogen) atoms. The highest BCUT2D eigenvalue weighted by atomic mass is 32.2. The van der Waals surface area contributed by atoms with Crippen molar-refractivity contribution in [2.45, 2.75) is 57.1 Å². The lowest BCUT2D eigenvalue weighted by atomic mass is 10.3. The first-order chi connectivity index (χ1) is 22.2. The fourth-order valence-corrected chi connectivity index (χ4v) is 7.57. The van der Waals surface area contributed by atoms with Crippen LogP contribution in [0.25, 0.3) is 0 Å². The van der Waals surface area contributed by atoms with Crippen molar-refractivity contribution >= 4 is 42.9 Å². The third-order valence-corrected chi connectivity index (χ3v) is 10.8. The number of fused-ring (bicyclic) bond motifs is 2. The molecule has 0 bridgehead atoms. The lowest BCUT2D eigenvalue weighted by Crippen LogP contribution is -2.34. The van der Waals surface area contributed by atoms with Crippen LogP contribution in [0.4, 0.5) is 0 Å². The van der Waals surface area contributed by atoms with Crippen LogP contribution in [0.3, 0.4) is 0 Å². The average Bonchev–Trinajstić information content (AvgIpc) is 3.51. The molecule has 17 heteroatoms. The summed E-state index contributed by atoms with van der Waals surface area (Å²) in [4.78, 5) is 4.00. The van der Waals surface area contributed by atoms with Gasteiger partial charge in [-0.2, -0.15) is 18.6 Å². The zero-order valence-corrected chi connectivity index (χ0v) is 29.0. The molecule has 262 valence electrons. The highest BCUT2D eigenvalue weighted by Crippen LogP contribution is 2.45. The Balaban J connectivity index is 0.000000212. The summed E-state index contributed by atoms with van der Waals surface area (Å²) in [5.41, 5.74) is 0. The number of aryl methyl sites for hydroxylation is 4. The Morgan fingerprint density at radius 3 is 1.44 bits per heavy atom. The average molecular weight is 743 g/mol. The zero-order valence-electron chi connectivity index (χ0n) is 25.7. The molecule has 2 N–H and O–H groups in total. The fraction of sp³-hybridized carbons (Fsp3) is 0.355. The standard InChI is InChI=1S/C15H17NO6S2.C15H16O6S2.CH4/c1-9-14-15(10(2)23-9)21-12(8-20-14)7-19-11-3-5-13(6-4-11)24(17,18)22-16;1-9-14-15(10(2)22-9)21-12(8-20-14)7-19-11-3-5-13(6-4-11)23(16,17)18;/h3-6,12H,7-8,16H2,1-2H3;3-6,12H,7-8H2,1-2H3,(H,16,17,18);1H4/p-1. The van der Waals surface area contributed by atoms with E-state index in [4.69, 9.17) is 34.3 Å². The molecular weight excluding hydrogens is 707 g/mol. The van der Waals surface area contributed by atoms with Gasteiger partial charge in [0.1, 0.15) is 48.0 Å². The number of thiophene rings is 2. The molecule has 0 radical (unpaired) electrons. The summed E-state index contributed by atoms with van der Waals surface area (Å²) in [6, 6.07) is 11.1. The van der Waals surface area contributed by atoms with E-state index >= 15 is 0 Å². The minimum atomic E-state index is -4.44. The second kappa shape index (κ2) is 15.3. The van der Waals surface area contributed by atoms with E-state index in [0.717, 1.165) is 42.5 Å². The summed E-state index contributed by atoms with van der Waals surface area (Å²) in [6.45, 7) is 9.28. The lowest BCUT2D eigenvalue weighted by molar-refractivity contribution is 0.0536. The summed E-state index contributed by atoms with van der Waals surface area (Å²) in [7, 11) is -8.35. The van der Waals surface area contributed by atoms with Gasteiger partial charge in [-0.15, -0.1) is 22.7 Å². The van der Waals surface area contributed by atoms with Crippen LogP contribution in [0.1, 0.15) is 26.9 Å². The normalized spacial score (nSPS) is 16.6. The monoisotopic (exact) mass is 742 g/mol. The number of hydrogen-bond donors (Lipinski definition) is 1. The van der Waals surface area contributed by atoms with Gasteiger partial charge in [-0.1, -0.05) is 7.43 Å². The van der Waals surface area contributed by atoms with Crippen molar-refractivity contribution in [2.75, 3.05) is 26.4 Å². The van der Waals surface area contributed by atoms with Crippen molar-refractivity contribution in [3.05, 3.63) is 68.0 Å². The first kappa shape index (κ1) is 37.2. The minimum Gasteiger partial charge on any atom is -0.744 e. The van der Waals surface area contributed by atoms with Crippen molar-refractivity contribution in [2.24, 2.45) is 5.90 Å². The largest absolute Gasteiger partial charge is 0.744 e. The molecule has 0 saturated heterocycles. The number of rotatable bonds is 9. The number of ether oxygens (including phenoxy) is 6. The molecule has 2 aliphatic heterocycles. The number of nitrogens with two attached hydrogens (primary N) is 1. The van der Waals surface area contributed by atoms with Crippen LogP contribution < -0.4 is 34.3 Å². The molecule has 4 heterocycles. The molecule has 0 spiro atoms. The summed E-state index contributed by atoms with van der Waals surface area (Å²) in [5.74, 6) is 8.86. The van der Waals surface area contributed by atoms with E-state index in [2.05, 4.69) is 4.28 Å². The number of benzene rings is 2. The fourth-order valence-electron chi connectivity index (χ4n) is 4.65. The summed E-state index contributed by atoms with van der Waals surface area (Å²) in [5, 5.41) is 0. The van der Waals surface area contributed by atoms with Gasteiger partial charge in [0.05, 0.1) is 9.79 Å². The van der Waals surface area contributed by atoms with Crippen LogP contribution in [0.2, 0.25) is 0 Å². The maximum absolute atomic E-state index is 11.4. The van der Waals surface area contributed by atoms with Crippen molar-refractivity contribution < 1.29 is 54.1 Å². The molecular formula is C31H36NO12S4-. The molecule has 13 nitrogen and oxygen atoms in total. The predicted molar refractivity (Wildman–Crippen MR) is 178 cm³/mol. The van der Waals surface area contributed by atoms with Gasteiger partial charge in [0.15, 0.2) is 35.2 Å². The SMILES string of the molecule is C.Cc1sc(C)c2c1OCC(COc1ccc(S(=O)(=O)ON)cc1)O2.Cc1sc(C)c2c1OCC(COc1ccc(S(=O)(=O)[O-])cc1)O2. The highest BCUT2D eigenvalue weighted by molar-refractivity contribution is 7.86. The van der Waals surface area contributed by atoms with Crippen molar-refractivity contribution in [1.29, 1.82) is 0 Å². The predicted octanol–water partition coefficient (Wildman–Crippen LogP) is 5.29. The third-order valence-electron chi connectivity index (χ3n) is 6.92. The quantitative estimate of drug-likeness (QED) is 0.173. The van der Waals surface area contributed by atoms with E-state index in [9.17, 15) is 21.4 Å². The van der Waals surface area contributed by atoms with E-state index in [1.807, 2.05) is 27.7 Å². The first-order valence-electron chi connectivity index (χ1n) is 14.1.